The number of hydrogen-bond acceptors (Lipinski definition) is 3. The summed E-state index contributed by atoms with van der Waals surface area (Å²) in [7, 11) is 0. The molecular formula is C22H29N5O2. The van der Waals surface area contributed by atoms with E-state index in [9.17, 15) is 9.59 Å². The Kier molecular flexibility index (Phi) is 5.83. The molecule has 0 radical (unpaired) electrons. The highest BCUT2D eigenvalue weighted by atomic mass is 16.2. The van der Waals surface area contributed by atoms with Gasteiger partial charge in [0.05, 0.1) is 6.54 Å². The second-order valence-corrected chi connectivity index (χ2v) is 8.02. The van der Waals surface area contributed by atoms with Crippen LogP contribution in [0, 0.1) is 0 Å². The molecule has 1 aromatic rings. The Morgan fingerprint density at radius 3 is 2.79 bits per heavy atom. The molecule has 7 nitrogen and oxygen atoms in total. The van der Waals surface area contributed by atoms with Crippen LogP contribution in [-0.2, 0) is 16.0 Å². The highest BCUT2D eigenvalue weighted by Gasteiger charge is 2.30. The zero-order chi connectivity index (χ0) is 20.2. The molecule has 1 atom stereocenters. The second-order valence-electron chi connectivity index (χ2n) is 8.02. The van der Waals surface area contributed by atoms with E-state index >= 15 is 0 Å². The van der Waals surface area contributed by atoms with E-state index in [0.717, 1.165) is 50.9 Å². The number of aliphatic imine (C=N–C) groups is 1. The van der Waals surface area contributed by atoms with Gasteiger partial charge in [-0.2, -0.15) is 0 Å². The smallest absolute Gasteiger partial charge is 0.247 e. The van der Waals surface area contributed by atoms with Crippen molar-refractivity contribution in [2.45, 2.75) is 44.6 Å². The molecule has 1 aromatic carbocycles. The van der Waals surface area contributed by atoms with Crippen LogP contribution < -0.4 is 11.1 Å². The molecule has 4 rings (SSSR count). The van der Waals surface area contributed by atoms with Gasteiger partial charge in [-0.1, -0.05) is 18.2 Å². The van der Waals surface area contributed by atoms with Crippen molar-refractivity contribution >= 4 is 29.5 Å². The van der Waals surface area contributed by atoms with Crippen LogP contribution in [0.1, 0.15) is 43.2 Å². The first-order valence-corrected chi connectivity index (χ1v) is 10.6. The van der Waals surface area contributed by atoms with Gasteiger partial charge in [0, 0.05) is 25.3 Å². The summed E-state index contributed by atoms with van der Waals surface area (Å²) >= 11 is 0. The molecule has 2 amide bonds. The zero-order valence-corrected chi connectivity index (χ0v) is 16.8. The van der Waals surface area contributed by atoms with Crippen LogP contribution in [0.15, 0.2) is 29.3 Å². The second kappa shape index (κ2) is 8.68. The molecule has 1 unspecified atom stereocenters. The van der Waals surface area contributed by atoms with Gasteiger partial charge in [0.1, 0.15) is 6.04 Å². The number of amides is 2. The molecule has 0 spiro atoms. The van der Waals surface area contributed by atoms with Crippen LogP contribution >= 0.6 is 0 Å². The maximum absolute atomic E-state index is 13.0. The van der Waals surface area contributed by atoms with Crippen molar-refractivity contribution in [1.82, 2.24) is 9.80 Å². The molecule has 1 aliphatic carbocycles. The molecular weight excluding hydrogens is 366 g/mol. The van der Waals surface area contributed by atoms with Crippen molar-refractivity contribution in [2.24, 2.45) is 10.7 Å². The van der Waals surface area contributed by atoms with Gasteiger partial charge >= 0.3 is 0 Å². The number of nitrogens with zero attached hydrogens (tertiary/aromatic N) is 3. The molecule has 2 heterocycles. The number of carbonyl (C=O) groups excluding carboxylic acids is 2. The minimum atomic E-state index is -0.536. The molecule has 0 aromatic heterocycles. The lowest BCUT2D eigenvalue weighted by Crippen LogP contribution is -2.45. The highest BCUT2D eigenvalue weighted by molar-refractivity contribution is 5.95. The summed E-state index contributed by atoms with van der Waals surface area (Å²) in [6.45, 7) is 2.36. The summed E-state index contributed by atoms with van der Waals surface area (Å²) in [4.78, 5) is 33.5. The lowest BCUT2D eigenvalue weighted by Gasteiger charge is -2.25. The van der Waals surface area contributed by atoms with Crippen LogP contribution in [-0.4, -0.2) is 59.8 Å². The first-order chi connectivity index (χ1) is 14.1. The summed E-state index contributed by atoms with van der Waals surface area (Å²) in [6, 6.07) is 5.56. The monoisotopic (exact) mass is 395 g/mol. The quantitative estimate of drug-likeness (QED) is 0.602. The topological polar surface area (TPSA) is 91.0 Å². The Bertz CT molecular complexity index is 842. The summed E-state index contributed by atoms with van der Waals surface area (Å²) in [6.07, 6.45) is 9.72. The average molecular weight is 396 g/mol. The summed E-state index contributed by atoms with van der Waals surface area (Å²) in [5.41, 5.74) is 9.45. The van der Waals surface area contributed by atoms with Crippen molar-refractivity contribution in [1.29, 1.82) is 0 Å². The first kappa shape index (κ1) is 19.5. The van der Waals surface area contributed by atoms with E-state index in [1.165, 1.54) is 11.1 Å². The van der Waals surface area contributed by atoms with Crippen molar-refractivity contribution in [3.05, 3.63) is 35.4 Å². The van der Waals surface area contributed by atoms with E-state index in [-0.39, 0.29) is 24.3 Å². The maximum atomic E-state index is 13.0. The number of rotatable bonds is 4. The fourth-order valence-corrected chi connectivity index (χ4v) is 4.27. The lowest BCUT2D eigenvalue weighted by molar-refractivity contribution is -0.140. The molecule has 154 valence electrons. The first-order valence-electron chi connectivity index (χ1n) is 10.6. The van der Waals surface area contributed by atoms with Crippen LogP contribution in [0.3, 0.4) is 0 Å². The van der Waals surface area contributed by atoms with Gasteiger partial charge in [0.25, 0.3) is 0 Å². The Morgan fingerprint density at radius 1 is 1.17 bits per heavy atom. The van der Waals surface area contributed by atoms with Gasteiger partial charge in [-0.05, 0) is 61.8 Å². The molecule has 7 heteroatoms. The third kappa shape index (κ3) is 4.60. The van der Waals surface area contributed by atoms with Gasteiger partial charge in [-0.25, -0.2) is 4.99 Å². The van der Waals surface area contributed by atoms with Crippen LogP contribution in [0.2, 0.25) is 0 Å². The summed E-state index contributed by atoms with van der Waals surface area (Å²) in [5, 5.41) is 3.11. The number of guanidine groups is 1. The number of nitrogens with two attached hydrogens (primary N) is 1. The Hall–Kier alpha value is -2.83. The highest BCUT2D eigenvalue weighted by Crippen LogP contribution is 2.23. The maximum Gasteiger partial charge on any atom is 0.247 e. The van der Waals surface area contributed by atoms with E-state index in [1.807, 2.05) is 17.0 Å². The molecule has 0 bridgehead atoms. The van der Waals surface area contributed by atoms with Crippen LogP contribution in [0.5, 0.6) is 0 Å². The van der Waals surface area contributed by atoms with E-state index in [0.29, 0.717) is 13.0 Å². The molecule has 3 N–H and O–H groups in total. The number of hydrogen-bond donors (Lipinski definition) is 2. The molecule has 3 aliphatic rings. The SMILES string of the molecule is NC(=NC1CCCCN(CC(=O)N2CCCC2)C1=O)Nc1ccc2c(c1)C=CC2. The molecule has 2 saturated heterocycles. The minimum absolute atomic E-state index is 0.0396. The number of likely N-dealkylation sites (tertiary alicyclic amines) is 2. The number of allylic oxidation sites excluding steroid dienone is 1. The van der Waals surface area contributed by atoms with Gasteiger partial charge < -0.3 is 20.9 Å². The zero-order valence-electron chi connectivity index (χ0n) is 16.8. The van der Waals surface area contributed by atoms with E-state index < -0.39 is 6.04 Å². The summed E-state index contributed by atoms with van der Waals surface area (Å²) < 4.78 is 0. The third-order valence-electron chi connectivity index (χ3n) is 5.89. The Balaban J connectivity index is 1.41. The van der Waals surface area contributed by atoms with Crippen molar-refractivity contribution < 1.29 is 9.59 Å². The Morgan fingerprint density at radius 2 is 1.97 bits per heavy atom. The Labute approximate surface area is 171 Å². The van der Waals surface area contributed by atoms with Gasteiger partial charge in [0.15, 0.2) is 5.96 Å². The normalized spacial score (nSPS) is 22.0. The van der Waals surface area contributed by atoms with Crippen molar-refractivity contribution in [3.63, 3.8) is 0 Å². The van der Waals surface area contributed by atoms with Crippen molar-refractivity contribution in [3.8, 4) is 0 Å². The molecule has 29 heavy (non-hydrogen) atoms. The minimum Gasteiger partial charge on any atom is -0.370 e. The number of carbonyl (C=O) groups is 2. The number of fused-ring (bicyclic) bond motifs is 1. The van der Waals surface area contributed by atoms with Gasteiger partial charge in [-0.3, -0.25) is 9.59 Å². The number of nitrogens with one attached hydrogen (secondary N) is 1. The molecule has 2 aliphatic heterocycles. The number of benzene rings is 1. The molecule has 0 saturated carbocycles. The third-order valence-corrected chi connectivity index (χ3v) is 5.89. The molecule has 2 fully saturated rings. The lowest BCUT2D eigenvalue weighted by atomic mass is 10.1. The fraction of sp³-hybridized carbons (Fsp3) is 0.500. The largest absolute Gasteiger partial charge is 0.370 e. The van der Waals surface area contributed by atoms with Gasteiger partial charge in [0.2, 0.25) is 11.8 Å². The predicted molar refractivity (Wildman–Crippen MR) is 114 cm³/mol. The van der Waals surface area contributed by atoms with Gasteiger partial charge in [-0.15, -0.1) is 0 Å². The predicted octanol–water partition coefficient (Wildman–Crippen LogP) is 1.99. The summed E-state index contributed by atoms with van der Waals surface area (Å²) in [5.74, 6) is 0.174. The standard InChI is InChI=1S/C22H29N5O2/c23-22(24-18-10-9-16-6-5-7-17(16)14-18)25-19-8-1-2-13-27(21(19)29)15-20(28)26-11-3-4-12-26/h5,7,9-10,14,19H,1-4,6,8,11-13,15H2,(H3,23,24,25). The average Bonchev–Trinajstić information content (AvgIpc) is 3.37. The van der Waals surface area contributed by atoms with Crippen LogP contribution in [0.25, 0.3) is 6.08 Å². The van der Waals surface area contributed by atoms with Crippen molar-refractivity contribution in [2.75, 3.05) is 31.5 Å². The van der Waals surface area contributed by atoms with E-state index in [4.69, 9.17) is 5.73 Å². The van der Waals surface area contributed by atoms with Crippen LogP contribution in [0.4, 0.5) is 5.69 Å². The van der Waals surface area contributed by atoms with E-state index in [1.54, 1.807) is 4.90 Å². The van der Waals surface area contributed by atoms with E-state index in [2.05, 4.69) is 28.5 Å². The number of anilines is 1. The fourth-order valence-electron chi connectivity index (χ4n) is 4.27.